The molecule has 30 heavy (non-hydrogen) atoms. The summed E-state index contributed by atoms with van der Waals surface area (Å²) in [5.74, 6) is 0.423. The Bertz CT molecular complexity index is 832. The lowest BCUT2D eigenvalue weighted by Gasteiger charge is -2.37. The molecule has 1 atom stereocenters. The molecule has 1 saturated heterocycles. The number of nitrogens with zero attached hydrogens (tertiary/aromatic N) is 3. The Balaban J connectivity index is 1.63. The number of hydrogen-bond donors (Lipinski definition) is 1. The number of nitrogens with one attached hydrogen (secondary N) is 1. The van der Waals surface area contributed by atoms with Crippen molar-refractivity contribution < 1.29 is 9.59 Å². The first-order chi connectivity index (χ1) is 14.5. The molecule has 160 valence electrons. The molecular formula is C23H29ClN4O2. The third-order valence-electron chi connectivity index (χ3n) is 5.68. The second kappa shape index (κ2) is 10.5. The van der Waals surface area contributed by atoms with Gasteiger partial charge < -0.3 is 10.2 Å². The van der Waals surface area contributed by atoms with Gasteiger partial charge in [-0.25, -0.2) is 4.98 Å². The van der Waals surface area contributed by atoms with Crippen LogP contribution in [0.25, 0.3) is 0 Å². The fourth-order valence-electron chi connectivity index (χ4n) is 3.95. The van der Waals surface area contributed by atoms with E-state index in [-0.39, 0.29) is 23.8 Å². The summed E-state index contributed by atoms with van der Waals surface area (Å²) in [7, 11) is 0. The fraction of sp³-hybridized carbons (Fsp3) is 0.435. The average Bonchev–Trinajstić information content (AvgIpc) is 2.79. The first-order valence-electron chi connectivity index (χ1n) is 10.5. The normalized spacial score (nSPS) is 15.8. The minimum absolute atomic E-state index is 0.0553. The number of carbonyl (C=O) groups is 2. The Morgan fingerprint density at radius 3 is 2.37 bits per heavy atom. The Labute approximate surface area is 183 Å². The first-order valence-corrected chi connectivity index (χ1v) is 10.9. The van der Waals surface area contributed by atoms with Crippen molar-refractivity contribution in [3.05, 3.63) is 59.2 Å². The molecule has 0 radical (unpaired) electrons. The lowest BCUT2D eigenvalue weighted by Crippen LogP contribution is -2.47. The smallest absolute Gasteiger partial charge is 0.244 e. The molecule has 3 rings (SSSR count). The van der Waals surface area contributed by atoms with E-state index in [4.69, 9.17) is 11.6 Å². The summed E-state index contributed by atoms with van der Waals surface area (Å²) in [6, 6.07) is 13.0. The quantitative estimate of drug-likeness (QED) is 0.724. The monoisotopic (exact) mass is 428 g/mol. The van der Waals surface area contributed by atoms with E-state index in [0.29, 0.717) is 36.8 Å². The van der Waals surface area contributed by atoms with E-state index in [1.165, 1.54) is 6.20 Å². The minimum atomic E-state index is -0.287. The molecule has 0 spiro atoms. The molecule has 6 nitrogen and oxygen atoms in total. The number of likely N-dealkylation sites (N-methyl/N-ethyl adjacent to an activating group) is 1. The summed E-state index contributed by atoms with van der Waals surface area (Å²) < 4.78 is 0. The molecule has 2 heterocycles. The fourth-order valence-corrected chi connectivity index (χ4v) is 4.06. The van der Waals surface area contributed by atoms with Gasteiger partial charge in [0, 0.05) is 25.2 Å². The van der Waals surface area contributed by atoms with Gasteiger partial charge in [-0.05, 0) is 43.6 Å². The maximum atomic E-state index is 13.4. The minimum Gasteiger partial charge on any atom is -0.341 e. The van der Waals surface area contributed by atoms with Crippen molar-refractivity contribution in [2.75, 3.05) is 31.5 Å². The summed E-state index contributed by atoms with van der Waals surface area (Å²) in [5, 5.41) is 3.38. The van der Waals surface area contributed by atoms with Gasteiger partial charge in [0.15, 0.2) is 0 Å². The molecule has 0 bridgehead atoms. The third kappa shape index (κ3) is 5.37. The molecule has 1 unspecified atom stereocenters. The van der Waals surface area contributed by atoms with E-state index in [9.17, 15) is 9.59 Å². The summed E-state index contributed by atoms with van der Waals surface area (Å²) in [5.41, 5.74) is 1.01. The van der Waals surface area contributed by atoms with Crippen molar-refractivity contribution in [3.8, 4) is 0 Å². The molecule has 2 aromatic rings. The van der Waals surface area contributed by atoms with E-state index >= 15 is 0 Å². The zero-order valence-corrected chi connectivity index (χ0v) is 18.3. The number of aromatic nitrogens is 1. The molecule has 1 aliphatic rings. The molecule has 2 amide bonds. The topological polar surface area (TPSA) is 65.5 Å². The molecule has 1 aromatic carbocycles. The largest absolute Gasteiger partial charge is 0.341 e. The van der Waals surface area contributed by atoms with Gasteiger partial charge in [0.05, 0.1) is 5.02 Å². The predicted octanol–water partition coefficient (Wildman–Crippen LogP) is 4.00. The molecule has 1 aromatic heterocycles. The highest BCUT2D eigenvalue weighted by molar-refractivity contribution is 6.30. The SMILES string of the molecule is CCN(CC)C(C(=O)N1CCC(C(=O)Nc2ccc(Cl)cn2)CC1)c1ccccc1. The molecule has 1 fully saturated rings. The third-order valence-corrected chi connectivity index (χ3v) is 5.91. The zero-order chi connectivity index (χ0) is 21.5. The number of hydrogen-bond acceptors (Lipinski definition) is 4. The molecular weight excluding hydrogens is 400 g/mol. The number of rotatable bonds is 7. The number of pyridine rings is 1. The maximum absolute atomic E-state index is 13.4. The van der Waals surface area contributed by atoms with Crippen LogP contribution in [0.15, 0.2) is 48.7 Å². The lowest BCUT2D eigenvalue weighted by molar-refractivity contribution is -0.140. The van der Waals surface area contributed by atoms with Crippen LogP contribution in [0.4, 0.5) is 5.82 Å². The molecule has 1 N–H and O–H groups in total. The van der Waals surface area contributed by atoms with Crippen LogP contribution in [-0.2, 0) is 9.59 Å². The van der Waals surface area contributed by atoms with Crippen LogP contribution in [0.2, 0.25) is 5.02 Å². The molecule has 1 aliphatic heterocycles. The van der Waals surface area contributed by atoms with Crippen molar-refractivity contribution in [2.45, 2.75) is 32.7 Å². The van der Waals surface area contributed by atoms with Gasteiger partial charge in [0.1, 0.15) is 11.9 Å². The van der Waals surface area contributed by atoms with Crippen LogP contribution in [0, 0.1) is 5.92 Å². The average molecular weight is 429 g/mol. The highest BCUT2D eigenvalue weighted by Crippen LogP contribution is 2.27. The van der Waals surface area contributed by atoms with E-state index in [2.05, 4.69) is 29.0 Å². The number of benzene rings is 1. The summed E-state index contributed by atoms with van der Waals surface area (Å²) >= 11 is 5.84. The van der Waals surface area contributed by atoms with Gasteiger partial charge in [0.25, 0.3) is 0 Å². The number of piperidine rings is 1. The maximum Gasteiger partial charge on any atom is 0.244 e. The van der Waals surface area contributed by atoms with Crippen LogP contribution in [0.1, 0.15) is 38.3 Å². The van der Waals surface area contributed by atoms with Gasteiger partial charge >= 0.3 is 0 Å². The molecule has 0 aliphatic carbocycles. The number of halogens is 1. The summed E-state index contributed by atoms with van der Waals surface area (Å²) in [6.45, 7) is 6.91. The highest BCUT2D eigenvalue weighted by Gasteiger charge is 2.33. The van der Waals surface area contributed by atoms with Crippen molar-refractivity contribution >= 4 is 29.2 Å². The van der Waals surface area contributed by atoms with Crippen LogP contribution in [-0.4, -0.2) is 52.8 Å². The van der Waals surface area contributed by atoms with Gasteiger partial charge in [-0.15, -0.1) is 0 Å². The number of anilines is 1. The van der Waals surface area contributed by atoms with Gasteiger partial charge in [-0.1, -0.05) is 55.8 Å². The Hall–Kier alpha value is -2.44. The second-order valence-electron chi connectivity index (χ2n) is 7.48. The van der Waals surface area contributed by atoms with Crippen molar-refractivity contribution in [1.29, 1.82) is 0 Å². The highest BCUT2D eigenvalue weighted by atomic mass is 35.5. The van der Waals surface area contributed by atoms with Crippen molar-refractivity contribution in [1.82, 2.24) is 14.8 Å². The first kappa shape index (κ1) is 22.2. The zero-order valence-electron chi connectivity index (χ0n) is 17.6. The van der Waals surface area contributed by atoms with Gasteiger partial charge in [-0.2, -0.15) is 0 Å². The predicted molar refractivity (Wildman–Crippen MR) is 119 cm³/mol. The van der Waals surface area contributed by atoms with Crippen LogP contribution in [0.5, 0.6) is 0 Å². The van der Waals surface area contributed by atoms with Gasteiger partial charge in [-0.3, -0.25) is 14.5 Å². The number of amides is 2. The number of carbonyl (C=O) groups excluding carboxylic acids is 2. The van der Waals surface area contributed by atoms with Gasteiger partial charge in [0.2, 0.25) is 11.8 Å². The standard InChI is InChI=1S/C23H29ClN4O2/c1-3-27(4-2)21(17-8-6-5-7-9-17)23(30)28-14-12-18(13-15-28)22(29)26-20-11-10-19(24)16-25-20/h5-11,16,18,21H,3-4,12-15H2,1-2H3,(H,25,26,29). The Kier molecular flexibility index (Phi) is 7.82. The molecule has 7 heteroatoms. The lowest BCUT2D eigenvalue weighted by atomic mass is 9.94. The van der Waals surface area contributed by atoms with Crippen LogP contribution >= 0.6 is 11.6 Å². The number of likely N-dealkylation sites (tertiary alicyclic amines) is 1. The summed E-state index contributed by atoms with van der Waals surface area (Å²) in [4.78, 5) is 34.2. The van der Waals surface area contributed by atoms with Crippen LogP contribution < -0.4 is 5.32 Å². The Morgan fingerprint density at radius 2 is 1.80 bits per heavy atom. The van der Waals surface area contributed by atoms with E-state index in [0.717, 1.165) is 18.7 Å². The Morgan fingerprint density at radius 1 is 1.13 bits per heavy atom. The second-order valence-corrected chi connectivity index (χ2v) is 7.92. The van der Waals surface area contributed by atoms with Crippen molar-refractivity contribution in [2.24, 2.45) is 5.92 Å². The van der Waals surface area contributed by atoms with Crippen LogP contribution in [0.3, 0.4) is 0 Å². The summed E-state index contributed by atoms with van der Waals surface area (Å²) in [6.07, 6.45) is 2.80. The van der Waals surface area contributed by atoms with E-state index < -0.39 is 0 Å². The van der Waals surface area contributed by atoms with Crippen molar-refractivity contribution in [3.63, 3.8) is 0 Å². The van der Waals surface area contributed by atoms with E-state index in [1.807, 2.05) is 35.2 Å². The molecule has 0 saturated carbocycles. The van der Waals surface area contributed by atoms with E-state index in [1.54, 1.807) is 12.1 Å².